The summed E-state index contributed by atoms with van der Waals surface area (Å²) in [6, 6.07) is 30.4. The molecule has 4 rings (SSSR count). The van der Waals surface area contributed by atoms with Gasteiger partial charge in [0.05, 0.1) is 5.25 Å². The molecule has 0 saturated heterocycles. The average molecular weight is 570 g/mol. The van der Waals surface area contributed by atoms with Crippen LogP contribution in [0.5, 0.6) is 0 Å². The summed E-state index contributed by atoms with van der Waals surface area (Å²) in [5.74, 6) is -0.994. The van der Waals surface area contributed by atoms with Crippen LogP contribution in [0.25, 0.3) is 6.08 Å². The van der Waals surface area contributed by atoms with Gasteiger partial charge in [-0.05, 0) is 85.6 Å². The first-order chi connectivity index (χ1) is 19.3. The number of rotatable bonds is 9. The second-order valence-electron chi connectivity index (χ2n) is 8.98. The summed E-state index contributed by atoms with van der Waals surface area (Å²) in [5.41, 5.74) is 3.48. The molecule has 4 aromatic rings. The van der Waals surface area contributed by atoms with Crippen LogP contribution in [0.1, 0.15) is 28.4 Å². The first kappa shape index (κ1) is 28.7. The largest absolute Gasteiger partial charge is 0.325 e. The Hall–Kier alpha value is -4.33. The molecule has 202 valence electrons. The van der Waals surface area contributed by atoms with Crippen LogP contribution in [0.4, 0.5) is 11.4 Å². The van der Waals surface area contributed by atoms with Gasteiger partial charge in [0, 0.05) is 26.9 Å². The van der Waals surface area contributed by atoms with E-state index in [0.717, 1.165) is 16.1 Å². The topological polar surface area (TPSA) is 87.3 Å². The highest BCUT2D eigenvalue weighted by Gasteiger charge is 2.17. The van der Waals surface area contributed by atoms with Gasteiger partial charge >= 0.3 is 0 Å². The van der Waals surface area contributed by atoms with Crippen LogP contribution in [0.15, 0.2) is 114 Å². The van der Waals surface area contributed by atoms with Crippen molar-refractivity contribution in [3.8, 4) is 0 Å². The highest BCUT2D eigenvalue weighted by atomic mass is 35.5. The van der Waals surface area contributed by atoms with E-state index in [9.17, 15) is 14.4 Å². The van der Waals surface area contributed by atoms with Gasteiger partial charge < -0.3 is 16.0 Å². The number of carbonyl (C=O) groups excluding carboxylic acids is 3. The molecule has 0 radical (unpaired) electrons. The van der Waals surface area contributed by atoms with Gasteiger partial charge in [0.25, 0.3) is 11.8 Å². The van der Waals surface area contributed by atoms with E-state index in [4.69, 9.17) is 11.6 Å². The summed E-state index contributed by atoms with van der Waals surface area (Å²) < 4.78 is 0. The number of aryl methyl sites for hydroxylation is 1. The first-order valence-electron chi connectivity index (χ1n) is 12.6. The Balaban J connectivity index is 1.43. The molecular weight excluding hydrogens is 542 g/mol. The fourth-order valence-corrected chi connectivity index (χ4v) is 4.79. The van der Waals surface area contributed by atoms with Gasteiger partial charge in [0.1, 0.15) is 5.70 Å². The quantitative estimate of drug-likeness (QED) is 0.147. The fourth-order valence-electron chi connectivity index (χ4n) is 3.73. The van der Waals surface area contributed by atoms with Crippen molar-refractivity contribution >= 4 is 58.5 Å². The van der Waals surface area contributed by atoms with E-state index in [1.165, 1.54) is 11.8 Å². The van der Waals surface area contributed by atoms with E-state index >= 15 is 0 Å². The Morgan fingerprint density at radius 1 is 0.825 bits per heavy atom. The molecular formula is C32H28ClN3O3S. The van der Waals surface area contributed by atoms with E-state index in [1.807, 2.05) is 56.3 Å². The Bertz CT molecular complexity index is 1540. The second kappa shape index (κ2) is 13.6. The van der Waals surface area contributed by atoms with Gasteiger partial charge in [-0.15, -0.1) is 11.8 Å². The maximum Gasteiger partial charge on any atom is 0.272 e. The third-order valence-electron chi connectivity index (χ3n) is 5.89. The van der Waals surface area contributed by atoms with Gasteiger partial charge in [-0.3, -0.25) is 14.4 Å². The van der Waals surface area contributed by atoms with Crippen molar-refractivity contribution in [1.29, 1.82) is 0 Å². The molecule has 0 aliphatic heterocycles. The van der Waals surface area contributed by atoms with Gasteiger partial charge in [-0.25, -0.2) is 0 Å². The molecule has 1 unspecified atom stereocenters. The molecule has 0 aliphatic rings. The Morgan fingerprint density at radius 3 is 2.23 bits per heavy atom. The number of nitrogens with one attached hydrogen (secondary N) is 3. The van der Waals surface area contributed by atoms with Crippen LogP contribution in [0.3, 0.4) is 0 Å². The van der Waals surface area contributed by atoms with Crippen LogP contribution in [0, 0.1) is 6.92 Å². The zero-order valence-corrected chi connectivity index (χ0v) is 23.6. The molecule has 0 aromatic heterocycles. The predicted octanol–water partition coefficient (Wildman–Crippen LogP) is 7.18. The molecule has 8 heteroatoms. The van der Waals surface area contributed by atoms with Crippen LogP contribution >= 0.6 is 23.4 Å². The van der Waals surface area contributed by atoms with Gasteiger partial charge in [0.2, 0.25) is 5.91 Å². The fraction of sp³-hybridized carbons (Fsp3) is 0.0938. The van der Waals surface area contributed by atoms with Crippen molar-refractivity contribution in [2.45, 2.75) is 24.0 Å². The maximum atomic E-state index is 13.2. The van der Waals surface area contributed by atoms with Gasteiger partial charge in [-0.2, -0.15) is 0 Å². The standard InChI is InChI=1S/C32H28ClN3O3S/c1-21-9-6-7-14-28(21)35-30(37)22(2)40-27-17-15-26(16-18-27)34-32(39)29(20-23-10-8-13-25(33)19-23)36-31(38)24-11-4-3-5-12-24/h3-20,22H,1-2H3,(H,34,39)(H,35,37)(H,36,38)/b29-20-. The van der Waals surface area contributed by atoms with Crippen molar-refractivity contribution in [2.75, 3.05) is 10.6 Å². The van der Waals surface area contributed by atoms with E-state index in [1.54, 1.807) is 66.7 Å². The van der Waals surface area contributed by atoms with Crippen molar-refractivity contribution in [3.05, 3.63) is 131 Å². The summed E-state index contributed by atoms with van der Waals surface area (Å²) in [6.07, 6.45) is 1.57. The molecule has 3 amide bonds. The van der Waals surface area contributed by atoms with Gasteiger partial charge in [0.15, 0.2) is 0 Å². The normalized spacial score (nSPS) is 11.8. The number of hydrogen-bond donors (Lipinski definition) is 3. The van der Waals surface area contributed by atoms with Crippen molar-refractivity contribution < 1.29 is 14.4 Å². The molecule has 40 heavy (non-hydrogen) atoms. The van der Waals surface area contributed by atoms with E-state index in [0.29, 0.717) is 21.8 Å². The number of anilines is 2. The molecule has 0 heterocycles. The minimum atomic E-state index is -0.490. The summed E-state index contributed by atoms with van der Waals surface area (Å²) in [4.78, 5) is 39.6. The zero-order chi connectivity index (χ0) is 28.5. The second-order valence-corrected chi connectivity index (χ2v) is 10.8. The number of thioether (sulfide) groups is 1. The lowest BCUT2D eigenvalue weighted by molar-refractivity contribution is -0.115. The van der Waals surface area contributed by atoms with E-state index in [-0.39, 0.29) is 16.9 Å². The Kier molecular flexibility index (Phi) is 9.78. The zero-order valence-electron chi connectivity index (χ0n) is 22.0. The van der Waals surface area contributed by atoms with Crippen LogP contribution in [-0.4, -0.2) is 23.0 Å². The lowest BCUT2D eigenvalue weighted by atomic mass is 10.1. The lowest BCUT2D eigenvalue weighted by Crippen LogP contribution is -2.30. The molecule has 0 saturated carbocycles. The summed E-state index contributed by atoms with van der Waals surface area (Å²) in [7, 11) is 0. The monoisotopic (exact) mass is 569 g/mol. The average Bonchev–Trinajstić information content (AvgIpc) is 2.95. The van der Waals surface area contributed by atoms with Crippen LogP contribution in [0.2, 0.25) is 5.02 Å². The Labute approximate surface area is 242 Å². The van der Waals surface area contributed by atoms with Gasteiger partial charge in [-0.1, -0.05) is 60.1 Å². The minimum Gasteiger partial charge on any atom is -0.325 e. The van der Waals surface area contributed by atoms with Crippen LogP contribution < -0.4 is 16.0 Å². The lowest BCUT2D eigenvalue weighted by Gasteiger charge is -2.14. The smallest absolute Gasteiger partial charge is 0.272 e. The van der Waals surface area contributed by atoms with Crippen molar-refractivity contribution in [1.82, 2.24) is 5.32 Å². The molecule has 0 aliphatic carbocycles. The molecule has 4 aromatic carbocycles. The SMILES string of the molecule is Cc1ccccc1NC(=O)C(C)Sc1ccc(NC(=O)/C(=C/c2cccc(Cl)c2)NC(=O)c2ccccc2)cc1. The summed E-state index contributed by atoms with van der Waals surface area (Å²) >= 11 is 7.53. The molecule has 6 nitrogen and oxygen atoms in total. The van der Waals surface area contributed by atoms with E-state index < -0.39 is 11.8 Å². The highest BCUT2D eigenvalue weighted by Crippen LogP contribution is 2.26. The van der Waals surface area contributed by atoms with Crippen molar-refractivity contribution in [2.24, 2.45) is 0 Å². The molecule has 3 N–H and O–H groups in total. The summed E-state index contributed by atoms with van der Waals surface area (Å²) in [5, 5.41) is 8.69. The Morgan fingerprint density at radius 2 is 1.52 bits per heavy atom. The maximum absolute atomic E-state index is 13.2. The molecule has 0 fully saturated rings. The molecule has 0 spiro atoms. The number of hydrogen-bond acceptors (Lipinski definition) is 4. The first-order valence-corrected chi connectivity index (χ1v) is 13.8. The third kappa shape index (κ3) is 8.09. The third-order valence-corrected chi connectivity index (χ3v) is 7.23. The minimum absolute atomic E-state index is 0.0658. The molecule has 0 bridgehead atoms. The number of amides is 3. The van der Waals surface area contributed by atoms with Crippen molar-refractivity contribution in [3.63, 3.8) is 0 Å². The number of para-hydroxylation sites is 1. The predicted molar refractivity (Wildman–Crippen MR) is 164 cm³/mol. The number of benzene rings is 4. The van der Waals surface area contributed by atoms with E-state index in [2.05, 4.69) is 16.0 Å². The number of halogens is 1. The summed E-state index contributed by atoms with van der Waals surface area (Å²) in [6.45, 7) is 3.79. The molecule has 1 atom stereocenters. The van der Waals surface area contributed by atoms with Crippen LogP contribution in [-0.2, 0) is 9.59 Å². The number of carbonyl (C=O) groups is 3. The highest BCUT2D eigenvalue weighted by molar-refractivity contribution is 8.00.